The van der Waals surface area contributed by atoms with Crippen molar-refractivity contribution in [1.29, 1.82) is 5.26 Å². The van der Waals surface area contributed by atoms with E-state index in [0.29, 0.717) is 0 Å². The van der Waals surface area contributed by atoms with Crippen molar-refractivity contribution >= 4 is 16.8 Å². The minimum Gasteiger partial charge on any atom is -0.349 e. The number of carbonyl (C=O) groups is 1. The Labute approximate surface area is 163 Å². The summed E-state index contributed by atoms with van der Waals surface area (Å²) < 4.78 is 41.3. The molecule has 2 N–H and O–H groups in total. The zero-order chi connectivity index (χ0) is 21.3. The molecule has 2 heterocycles. The van der Waals surface area contributed by atoms with E-state index in [0.717, 1.165) is 6.07 Å². The zero-order valence-electron chi connectivity index (χ0n) is 15.5. The second kappa shape index (κ2) is 8.03. The molecule has 0 saturated carbocycles. The molecule has 1 aromatic carbocycles. The fourth-order valence-electron chi connectivity index (χ4n) is 3.52. The predicted octanol–water partition coefficient (Wildman–Crippen LogP) is 1.73. The smallest absolute Gasteiger partial charge is 0.253 e. The number of aromatic nitrogens is 1. The van der Waals surface area contributed by atoms with E-state index in [1.54, 1.807) is 0 Å². The number of fused-ring (bicyclic) bond motifs is 1. The molecule has 152 valence electrons. The highest BCUT2D eigenvalue weighted by Crippen LogP contribution is 2.24. The molecule has 7 nitrogen and oxygen atoms in total. The summed E-state index contributed by atoms with van der Waals surface area (Å²) in [5, 5.41) is 12.1. The first-order valence-corrected chi connectivity index (χ1v) is 8.95. The van der Waals surface area contributed by atoms with Crippen LogP contribution in [0.15, 0.2) is 16.9 Å². The fraction of sp³-hybridized carbons (Fsp3) is 0.421. The van der Waals surface area contributed by atoms with Crippen molar-refractivity contribution in [3.05, 3.63) is 49.9 Å². The van der Waals surface area contributed by atoms with E-state index in [1.807, 2.05) is 6.07 Å². The van der Waals surface area contributed by atoms with Gasteiger partial charge >= 0.3 is 0 Å². The van der Waals surface area contributed by atoms with Crippen molar-refractivity contribution < 1.29 is 22.7 Å². The number of hydrogen-bond acceptors (Lipinski definition) is 4. The molecule has 0 radical (unpaired) electrons. The Kier molecular flexibility index (Phi) is 5.68. The normalized spacial score (nSPS) is 21.8. The third-order valence-corrected chi connectivity index (χ3v) is 5.08. The monoisotopic (exact) mass is 407 g/mol. The maximum absolute atomic E-state index is 13.9. The van der Waals surface area contributed by atoms with Crippen molar-refractivity contribution in [2.24, 2.45) is 0 Å². The van der Waals surface area contributed by atoms with E-state index >= 15 is 0 Å². The topological polar surface area (TPSA) is 106 Å². The maximum atomic E-state index is 13.9. The first kappa shape index (κ1) is 20.5. The summed E-state index contributed by atoms with van der Waals surface area (Å²) in [6.45, 7) is 0.609. The van der Waals surface area contributed by atoms with Crippen LogP contribution in [0.3, 0.4) is 0 Å². The molecule has 1 aliphatic rings. The van der Waals surface area contributed by atoms with Gasteiger partial charge in [0.05, 0.1) is 24.0 Å². The third-order valence-electron chi connectivity index (χ3n) is 5.08. The van der Waals surface area contributed by atoms with Crippen LogP contribution < -0.4 is 10.9 Å². The molecule has 3 unspecified atom stereocenters. The number of nitriles is 1. The van der Waals surface area contributed by atoms with Gasteiger partial charge in [-0.2, -0.15) is 5.26 Å². The number of amides is 1. The summed E-state index contributed by atoms with van der Waals surface area (Å²) in [7, 11) is 0. The molecule has 2 aromatic rings. The number of rotatable bonds is 4. The SMILES string of the molecule is Cc1c(F)ccc2[nH]c(=O)c(CC(=O)NCC3C(F)CC(F)C[N+]3=O)c(C#N)c12. The lowest BCUT2D eigenvalue weighted by Crippen LogP contribution is -2.50. The molecule has 1 aliphatic heterocycles. The predicted molar refractivity (Wildman–Crippen MR) is 97.4 cm³/mol. The number of pyridine rings is 1. The summed E-state index contributed by atoms with van der Waals surface area (Å²) in [6, 6.07) is 3.11. The highest BCUT2D eigenvalue weighted by atomic mass is 19.1. The largest absolute Gasteiger partial charge is 0.349 e. The van der Waals surface area contributed by atoms with E-state index in [4.69, 9.17) is 0 Å². The van der Waals surface area contributed by atoms with Crippen LogP contribution in [0.2, 0.25) is 0 Å². The van der Waals surface area contributed by atoms with Crippen molar-refractivity contribution in [2.45, 2.75) is 38.2 Å². The Hall–Kier alpha value is -3.22. The molecule has 1 amide bonds. The van der Waals surface area contributed by atoms with Crippen LogP contribution in [0.1, 0.15) is 23.1 Å². The van der Waals surface area contributed by atoms with Crippen LogP contribution >= 0.6 is 0 Å². The molecule has 1 fully saturated rings. The van der Waals surface area contributed by atoms with Gasteiger partial charge in [-0.1, -0.05) is 0 Å². The average molecular weight is 407 g/mol. The molecule has 3 atom stereocenters. The summed E-state index contributed by atoms with van der Waals surface area (Å²) in [6.07, 6.45) is -4.24. The quantitative estimate of drug-likeness (QED) is 0.753. The van der Waals surface area contributed by atoms with Gasteiger partial charge in [0.2, 0.25) is 18.5 Å². The van der Waals surface area contributed by atoms with Gasteiger partial charge in [0.1, 0.15) is 11.9 Å². The Morgan fingerprint density at radius 2 is 2.14 bits per heavy atom. The average Bonchev–Trinajstić information content (AvgIpc) is 2.65. The third kappa shape index (κ3) is 3.99. The fourth-order valence-corrected chi connectivity index (χ4v) is 3.52. The van der Waals surface area contributed by atoms with Crippen molar-refractivity contribution in [1.82, 2.24) is 10.3 Å². The highest BCUT2D eigenvalue weighted by molar-refractivity contribution is 5.90. The van der Waals surface area contributed by atoms with E-state index in [9.17, 15) is 32.9 Å². The number of alkyl halides is 2. The number of hydrogen-bond donors (Lipinski definition) is 2. The number of carbonyl (C=O) groups excluding carboxylic acids is 1. The minimum atomic E-state index is -1.74. The van der Waals surface area contributed by atoms with Crippen molar-refractivity contribution in [3.8, 4) is 6.07 Å². The van der Waals surface area contributed by atoms with Crippen LogP contribution in [-0.4, -0.2) is 47.1 Å². The second-order valence-corrected chi connectivity index (χ2v) is 7.01. The van der Waals surface area contributed by atoms with Crippen LogP contribution in [0.4, 0.5) is 13.2 Å². The number of piperidine rings is 1. The Bertz CT molecular complexity index is 1090. The lowest BCUT2D eigenvalue weighted by Gasteiger charge is -2.21. The number of benzene rings is 1. The highest BCUT2D eigenvalue weighted by Gasteiger charge is 2.43. The number of H-pyrrole nitrogens is 1. The van der Waals surface area contributed by atoms with Crippen LogP contribution in [0.5, 0.6) is 0 Å². The Balaban J connectivity index is 1.83. The second-order valence-electron chi connectivity index (χ2n) is 7.01. The molecule has 0 aliphatic carbocycles. The van der Waals surface area contributed by atoms with E-state index < -0.39 is 55.1 Å². The van der Waals surface area contributed by atoms with E-state index in [2.05, 4.69) is 10.3 Å². The van der Waals surface area contributed by atoms with Gasteiger partial charge in [-0.3, -0.25) is 9.59 Å². The molecule has 0 spiro atoms. The number of nitroso groups, excluding NO2 is 1. The van der Waals surface area contributed by atoms with Gasteiger partial charge in [0.15, 0.2) is 12.3 Å². The van der Waals surface area contributed by atoms with Gasteiger partial charge in [-0.25, -0.2) is 13.2 Å². The van der Waals surface area contributed by atoms with Gasteiger partial charge in [0.25, 0.3) is 5.56 Å². The first-order chi connectivity index (χ1) is 13.7. The van der Waals surface area contributed by atoms with Gasteiger partial charge < -0.3 is 10.3 Å². The molecule has 1 aromatic heterocycles. The molecule has 1 saturated heterocycles. The lowest BCUT2D eigenvalue weighted by molar-refractivity contribution is -0.607. The standard InChI is InChI=1S/C19H17F3N4O3/c1-9-13(21)2-3-15-18(9)12(6-23)11(19(28)25-15)5-17(27)24-7-16-14(22)4-10(20)8-26(16)29/h2-3,10,14,16H,4-5,7-8H2,1H3,(H-,24,25,27,28)/p+1. The molecule has 10 heteroatoms. The number of nitrogens with one attached hydrogen (secondary N) is 2. The van der Waals surface area contributed by atoms with Gasteiger partial charge in [-0.15, -0.1) is 0 Å². The number of nitrogens with zero attached hydrogens (tertiary/aromatic N) is 2. The summed E-state index contributed by atoms with van der Waals surface area (Å²) in [5.74, 6) is -1.28. The molecular weight excluding hydrogens is 389 g/mol. The minimum absolute atomic E-state index is 0.123. The number of aryl methyl sites for hydroxylation is 1. The number of aromatic amines is 1. The van der Waals surface area contributed by atoms with Crippen LogP contribution in [0, 0.1) is 29.0 Å². The van der Waals surface area contributed by atoms with E-state index in [1.165, 1.54) is 13.0 Å². The van der Waals surface area contributed by atoms with Crippen LogP contribution in [0.25, 0.3) is 10.9 Å². The first-order valence-electron chi connectivity index (χ1n) is 8.95. The zero-order valence-corrected chi connectivity index (χ0v) is 15.5. The summed E-state index contributed by atoms with van der Waals surface area (Å²) in [5.41, 5.74) is -0.541. The Morgan fingerprint density at radius 3 is 2.79 bits per heavy atom. The molecule has 29 heavy (non-hydrogen) atoms. The summed E-state index contributed by atoms with van der Waals surface area (Å²) in [4.78, 5) is 38.9. The van der Waals surface area contributed by atoms with Crippen molar-refractivity contribution in [2.75, 3.05) is 13.1 Å². The van der Waals surface area contributed by atoms with Crippen LogP contribution in [-0.2, 0) is 11.2 Å². The lowest BCUT2D eigenvalue weighted by atomic mass is 9.98. The van der Waals surface area contributed by atoms with Crippen molar-refractivity contribution in [3.63, 3.8) is 0 Å². The molecule has 0 bridgehead atoms. The number of halogens is 3. The maximum Gasteiger partial charge on any atom is 0.253 e. The van der Waals surface area contributed by atoms with Gasteiger partial charge in [-0.05, 0) is 24.6 Å². The Morgan fingerprint density at radius 1 is 1.41 bits per heavy atom. The van der Waals surface area contributed by atoms with Gasteiger partial charge in [0, 0.05) is 27.0 Å². The van der Waals surface area contributed by atoms with E-state index in [-0.39, 0.29) is 38.9 Å². The molecule has 3 rings (SSSR count). The molecular formula is C19H18F3N4O3+. The summed E-state index contributed by atoms with van der Waals surface area (Å²) >= 11 is 0.